The Bertz CT molecular complexity index is 5020. The van der Waals surface area contributed by atoms with Gasteiger partial charge in [0.15, 0.2) is 5.78 Å². The first kappa shape index (κ1) is 115. The van der Waals surface area contributed by atoms with Crippen molar-refractivity contribution in [2.75, 3.05) is 62.7 Å². The third-order valence-electron chi connectivity index (χ3n) is 25.1. The second kappa shape index (κ2) is 50.7. The van der Waals surface area contributed by atoms with Gasteiger partial charge >= 0.3 is 36.1 Å². The monoisotopic (exact) mass is 2050 g/mol. The summed E-state index contributed by atoms with van der Waals surface area (Å²) in [7, 11) is 12.3. The Balaban J connectivity index is 0.000000347. The van der Waals surface area contributed by atoms with Gasteiger partial charge in [-0.1, -0.05) is 187 Å². The molecule has 6 heterocycles. The molecule has 36 nitrogen and oxygen atoms in total. The van der Waals surface area contributed by atoms with Crippen molar-refractivity contribution in [2.24, 2.45) is 41.4 Å². The van der Waals surface area contributed by atoms with E-state index >= 15 is 0 Å². The fraction of sp³-hybridized carbons (Fsp3) is 0.596. The largest absolute Gasteiger partial charge is 0.481 e. The Morgan fingerprint density at radius 1 is 0.693 bits per heavy atom. The molecule has 0 aromatic heterocycles. The number of hydrogen-bond acceptors (Lipinski definition) is 31. The summed E-state index contributed by atoms with van der Waals surface area (Å²) in [4.78, 5) is 179. The van der Waals surface area contributed by atoms with E-state index in [0.29, 0.717) is 52.0 Å². The van der Waals surface area contributed by atoms with Crippen LogP contribution in [0.2, 0.25) is 10.0 Å². The number of epoxide rings is 2. The minimum Gasteiger partial charge on any atom is -0.481 e. The number of likely N-dealkylation sites (N-methyl/N-ethyl adjacent to an activating group) is 2. The molecule has 7 amide bonds. The Labute approximate surface area is 833 Å². The van der Waals surface area contributed by atoms with Crippen molar-refractivity contribution in [3.05, 3.63) is 139 Å². The maximum atomic E-state index is 14.2. The lowest BCUT2D eigenvalue weighted by Crippen LogP contribution is -2.60. The zero-order valence-corrected chi connectivity index (χ0v) is 86.9. The lowest BCUT2D eigenvalue weighted by atomic mass is 9.82. The summed E-state index contributed by atoms with van der Waals surface area (Å²) in [6.45, 7) is 28.4. The third-order valence-corrected chi connectivity index (χ3v) is 32.2. The molecule has 9 rings (SSSR count). The molecule has 6 aliphatic heterocycles. The predicted molar refractivity (Wildman–Crippen MR) is 529 cm³/mol. The number of alkyl carbamates (subject to hydrolysis) is 2. The average molecular weight is 2050 g/mol. The lowest BCUT2D eigenvalue weighted by molar-refractivity contribution is -0.387. The number of nitrogens with one attached hydrogen (secondary N) is 3. The molecule has 18 unspecified atom stereocenters. The molecule has 137 heavy (non-hydrogen) atoms. The Morgan fingerprint density at radius 3 is 1.53 bits per heavy atom. The number of nitro groups is 1. The number of ether oxygens (including phenoxy) is 6. The molecular formula is C94H134Cl2N10O26S5. The van der Waals surface area contributed by atoms with Gasteiger partial charge < -0.3 is 73.8 Å². The maximum absolute atomic E-state index is 14.2. The van der Waals surface area contributed by atoms with E-state index in [1.807, 2.05) is 137 Å². The summed E-state index contributed by atoms with van der Waals surface area (Å²) in [5.74, 6) is 0.702. The number of nitrogens with two attached hydrogens (primary N) is 2. The number of carboxylic acid groups (broad SMARTS) is 2. The van der Waals surface area contributed by atoms with Crippen LogP contribution in [0.5, 0.6) is 0 Å². The standard InChI is InChI=1S/C44H63ClN4O12S2.C38H54ClN3O8S.C11H13N3O6S2.CH4/c1-24-12-11-13-26(3)44(57)21-33(59-41(56)47-44)27(4)38-43(8,61-38)34(20-36(52)49(10)32-18-29(16-24)17-25(2)37(32)45)60-40(55)28(5)48(9)35(51)14-15-42(6,7)63-62-23-30(39(53)54)19-31(50)22-58-46;1-21-12-11-13-23(3)38(47)20-28(48-35(46)40-38)24(4)33-37(8,50-33)29(49-34(45)25(5)41(9)30(43)14-15-36(6,7)51)19-31(44)42(10)27-18-26(16-21)17-22(2)32(27)39;12-20-5-10(15)13-7(11(16)17)6-21-22-9-4-2-1-3-8(9)14(18)19;/h11-13,17-18,26-28,30,33-34,38,57H,14-16,19-23,46H2,1-10H3,(H,47,56)(H,53,54);11-13,17-18,23-25,28-29,33,47,51H,14-16,19-20H2,1-10H3,(H,40,46);1-4,7H,5-6,12H2,(H,13,15)(H,16,17);1H4/b13-11+,24-12+;13-11+,21-12+;;/i;;;1D. The predicted octanol–water partition coefficient (Wildman–Crippen LogP) is 13.3. The van der Waals surface area contributed by atoms with Crippen molar-refractivity contribution in [1.29, 1.82) is 0 Å². The van der Waals surface area contributed by atoms with E-state index in [2.05, 4.69) is 38.3 Å². The minimum atomic E-state index is -1.64. The van der Waals surface area contributed by atoms with E-state index in [1.165, 1.54) is 68.6 Å². The van der Waals surface area contributed by atoms with Gasteiger partial charge in [-0.05, 0) is 135 Å². The summed E-state index contributed by atoms with van der Waals surface area (Å²) in [6.07, 6.45) is 6.21. The van der Waals surface area contributed by atoms with Gasteiger partial charge in [0.2, 0.25) is 29.5 Å². The van der Waals surface area contributed by atoms with Gasteiger partial charge in [0.05, 0.1) is 62.2 Å². The number of para-hydroxylation sites is 1. The molecule has 0 saturated carbocycles. The number of esters is 2. The highest BCUT2D eigenvalue weighted by atomic mass is 35.5. The maximum Gasteiger partial charge on any atom is 0.409 e. The summed E-state index contributed by atoms with van der Waals surface area (Å²) < 4.78 is 41.1. The topological polar surface area (TPSA) is 510 Å². The Morgan fingerprint density at radius 2 is 1.12 bits per heavy atom. The second-order valence-electron chi connectivity index (χ2n) is 37.2. The van der Waals surface area contributed by atoms with Crippen LogP contribution < -0.4 is 37.5 Å². The Kier molecular flexibility index (Phi) is 42.7. The van der Waals surface area contributed by atoms with E-state index in [-0.39, 0.29) is 91.2 Å². The zero-order chi connectivity index (χ0) is 104. The highest BCUT2D eigenvalue weighted by Crippen LogP contribution is 2.52. The smallest absolute Gasteiger partial charge is 0.409 e. The van der Waals surface area contributed by atoms with E-state index in [0.717, 1.165) is 55.0 Å². The number of thiol groups is 1. The van der Waals surface area contributed by atoms with Crippen LogP contribution in [0.4, 0.5) is 26.7 Å². The number of carboxylic acids is 2. The van der Waals surface area contributed by atoms with Crippen molar-refractivity contribution in [2.45, 2.75) is 281 Å². The van der Waals surface area contributed by atoms with Gasteiger partial charge in [0, 0.05) is 112 Å². The average Bonchev–Trinajstić information content (AvgIpc) is 1.57. The van der Waals surface area contributed by atoms with Gasteiger partial charge in [-0.25, -0.2) is 35.8 Å². The van der Waals surface area contributed by atoms with Crippen molar-refractivity contribution < 1.29 is 122 Å². The van der Waals surface area contributed by atoms with Crippen LogP contribution >= 0.6 is 79.0 Å². The van der Waals surface area contributed by atoms with E-state index in [9.17, 15) is 83.0 Å². The van der Waals surface area contributed by atoms with Gasteiger partial charge in [-0.15, -0.1) is 0 Å². The molecule has 3 aromatic carbocycles. The first-order chi connectivity index (χ1) is 64.3. The van der Waals surface area contributed by atoms with Gasteiger partial charge in [0.25, 0.3) is 5.69 Å². The molecular weight excluding hydrogens is 1920 g/mol. The summed E-state index contributed by atoms with van der Waals surface area (Å²) in [6, 6.07) is 10.6. The first-order valence-corrected chi connectivity index (χ1v) is 50.1. The molecule has 8 bridgehead atoms. The van der Waals surface area contributed by atoms with Crippen molar-refractivity contribution in [3.8, 4) is 0 Å². The number of aliphatic carboxylic acids is 2. The lowest BCUT2D eigenvalue weighted by Gasteiger charge is -2.41. The highest BCUT2D eigenvalue weighted by Gasteiger charge is 2.66. The summed E-state index contributed by atoms with van der Waals surface area (Å²) in [5, 5.41) is 61.0. The number of rotatable bonds is 30. The van der Waals surface area contributed by atoms with Crippen LogP contribution in [0.1, 0.15) is 186 Å². The number of nitrogens with zero attached hydrogens (tertiary/aromatic N) is 5. The number of hydrogen-bond donors (Lipinski definition) is 10. The number of Topliss-reactive ketones (excluding diaryl/α,β-unsaturated/α-hetero) is 1. The van der Waals surface area contributed by atoms with Crippen molar-refractivity contribution in [3.63, 3.8) is 0 Å². The number of amides is 7. The molecule has 18 atom stereocenters. The molecule has 0 spiro atoms. The third kappa shape index (κ3) is 32.8. The molecule has 4 saturated heterocycles. The number of halogens is 2. The fourth-order valence-corrected chi connectivity index (χ4v) is 21.6. The number of nitro benzene ring substituents is 1. The van der Waals surface area contributed by atoms with Gasteiger partial charge in [0.1, 0.15) is 78.4 Å². The second-order valence-corrected chi connectivity index (χ2v) is 44.6. The number of allylic oxidation sites excluding steroid dienone is 6. The van der Waals surface area contributed by atoms with Crippen LogP contribution in [0.25, 0.3) is 0 Å². The number of aliphatic hydroxyl groups is 2. The number of fused-ring (bicyclic) bond motifs is 10. The molecule has 0 aliphatic carbocycles. The molecule has 0 radical (unpaired) electrons. The van der Waals surface area contributed by atoms with Gasteiger partial charge in [-0.2, -0.15) is 12.6 Å². The zero-order valence-electron chi connectivity index (χ0n) is 82.3. The number of ketones is 1. The fourth-order valence-electron chi connectivity index (χ4n) is 15.8. The number of aryl methyl sites for hydroxylation is 2. The minimum absolute atomic E-state index is 0.0162. The number of benzene rings is 3. The molecule has 11 N–H and O–H groups in total. The molecule has 4 fully saturated rings. The van der Waals surface area contributed by atoms with Crippen LogP contribution in [-0.2, 0) is 98.9 Å². The van der Waals surface area contributed by atoms with Crippen LogP contribution in [0, 0.1) is 53.6 Å². The number of carbonyl (C=O) groups excluding carboxylic acids is 10. The number of anilines is 2. The van der Waals surface area contributed by atoms with Crippen molar-refractivity contribution in [1.82, 2.24) is 25.8 Å². The summed E-state index contributed by atoms with van der Waals surface area (Å²) in [5.41, 5.74) is 0.741. The van der Waals surface area contributed by atoms with Crippen LogP contribution in [0.15, 0.2) is 101 Å². The molecule has 3 aromatic rings. The highest BCUT2D eigenvalue weighted by molar-refractivity contribution is 8.77. The quantitative estimate of drug-likeness (QED) is 0.00563. The molecule has 6 aliphatic rings. The molecule has 43 heteroatoms. The van der Waals surface area contributed by atoms with Crippen LogP contribution in [-0.4, -0.2) is 246 Å². The summed E-state index contributed by atoms with van der Waals surface area (Å²) >= 11 is 18.1. The molecule has 760 valence electrons. The first-order valence-electron chi connectivity index (χ1n) is 45.3. The SMILES string of the molecule is C/C1=C\C=C\C(C)C2(O)CC(OC(=O)N2)C(C)C2OC2(C)C(OC(=O)C(C)N(C)C(=O)CCC(C)(C)S)CC(=O)N(C)c2cc(cc(C)c2Cl)C1.C/C1=C\C=C\C(C)C2(O)CC(OC(=O)N2)C(C)C2OC2(C)C(OC(=O)C(C)N(C)C(=O)CCC(C)(C)SSCC(CC(=O)CON)C(=O)O)CC(=O)N(C)c2cc(cc(C)c2Cl)C1.NOCC(=O)NC(CSSc1ccccc1[N+](=O)[O-])C(=O)O.[2H]C. The number of carbonyl (C=O) groups is 12. The van der Waals surface area contributed by atoms with Crippen LogP contribution in [0.3, 0.4) is 0 Å². The van der Waals surface area contributed by atoms with E-state index in [4.69, 9.17) is 69.9 Å². The van der Waals surface area contributed by atoms with Crippen molar-refractivity contribution >= 4 is 167 Å². The van der Waals surface area contributed by atoms with E-state index in [1.54, 1.807) is 67.0 Å². The Hall–Kier alpha value is -8.53. The normalized spacial score (nSPS) is 27.3. The van der Waals surface area contributed by atoms with Gasteiger partial charge in [-0.3, -0.25) is 64.0 Å². The van der Waals surface area contributed by atoms with E-state index < -0.39 is 177 Å².